The first-order valence-corrected chi connectivity index (χ1v) is 7.07. The molecular formula is C11H11F2NO5S. The number of hydrogen-bond acceptors (Lipinski definition) is 4. The van der Waals surface area contributed by atoms with Gasteiger partial charge in [0.2, 0.25) is 10.0 Å². The molecule has 0 radical (unpaired) electrons. The summed E-state index contributed by atoms with van der Waals surface area (Å²) in [5.74, 6) is -4.93. The van der Waals surface area contributed by atoms with Gasteiger partial charge in [-0.3, -0.25) is 0 Å². The van der Waals surface area contributed by atoms with Gasteiger partial charge in [0, 0.05) is 0 Å². The van der Waals surface area contributed by atoms with Crippen molar-refractivity contribution < 1.29 is 32.2 Å². The van der Waals surface area contributed by atoms with E-state index in [2.05, 4.69) is 4.72 Å². The lowest BCUT2D eigenvalue weighted by Gasteiger charge is -2.15. The fraction of sp³-hybridized carbons (Fsp3) is 0.364. The zero-order valence-corrected chi connectivity index (χ0v) is 10.9. The van der Waals surface area contributed by atoms with Crippen LogP contribution in [0, 0.1) is 11.6 Å². The fourth-order valence-electron chi connectivity index (χ4n) is 1.72. The predicted octanol–water partition coefficient (Wildman–Crippen LogP) is 0.466. The SMILES string of the molecule is O=C(O)c1c(F)ccc(S(=O)(=O)NC2(CO)CC2)c1F. The average Bonchev–Trinajstić information content (AvgIpc) is 3.07. The lowest BCUT2D eigenvalue weighted by atomic mass is 10.2. The molecule has 0 aromatic heterocycles. The van der Waals surface area contributed by atoms with Gasteiger partial charge in [-0.15, -0.1) is 0 Å². The van der Waals surface area contributed by atoms with E-state index in [0.717, 1.165) is 0 Å². The van der Waals surface area contributed by atoms with Crippen LogP contribution in [0.3, 0.4) is 0 Å². The van der Waals surface area contributed by atoms with E-state index in [9.17, 15) is 22.0 Å². The minimum Gasteiger partial charge on any atom is -0.477 e. The first kappa shape index (κ1) is 14.8. The topological polar surface area (TPSA) is 104 Å². The average molecular weight is 307 g/mol. The molecule has 0 atom stereocenters. The predicted molar refractivity (Wildman–Crippen MR) is 62.7 cm³/mol. The van der Waals surface area contributed by atoms with Crippen molar-refractivity contribution in [3.63, 3.8) is 0 Å². The summed E-state index contributed by atoms with van der Waals surface area (Å²) in [6.07, 6.45) is 0.772. The summed E-state index contributed by atoms with van der Waals surface area (Å²) in [5.41, 5.74) is -2.37. The van der Waals surface area contributed by atoms with Crippen molar-refractivity contribution in [1.82, 2.24) is 4.72 Å². The van der Waals surface area contributed by atoms with Crippen LogP contribution in [0.25, 0.3) is 0 Å². The maximum Gasteiger partial charge on any atom is 0.341 e. The normalized spacial score (nSPS) is 16.9. The molecule has 1 aliphatic rings. The first-order chi connectivity index (χ1) is 9.22. The van der Waals surface area contributed by atoms with Crippen LogP contribution in [0.5, 0.6) is 0 Å². The van der Waals surface area contributed by atoms with Gasteiger partial charge in [-0.2, -0.15) is 0 Å². The number of carboxylic acids is 1. The van der Waals surface area contributed by atoms with Gasteiger partial charge in [0.15, 0.2) is 5.82 Å². The summed E-state index contributed by atoms with van der Waals surface area (Å²) in [6.45, 7) is -0.458. The molecule has 0 saturated heterocycles. The number of aliphatic hydroxyl groups is 1. The van der Waals surface area contributed by atoms with Crippen LogP contribution < -0.4 is 4.72 Å². The highest BCUT2D eigenvalue weighted by Gasteiger charge is 2.46. The highest BCUT2D eigenvalue weighted by atomic mass is 32.2. The van der Waals surface area contributed by atoms with E-state index in [1.165, 1.54) is 0 Å². The van der Waals surface area contributed by atoms with Gasteiger partial charge in [0.25, 0.3) is 0 Å². The van der Waals surface area contributed by atoms with Crippen LogP contribution in [0.4, 0.5) is 8.78 Å². The summed E-state index contributed by atoms with van der Waals surface area (Å²) in [7, 11) is -4.39. The maximum atomic E-state index is 13.9. The van der Waals surface area contributed by atoms with Gasteiger partial charge in [-0.1, -0.05) is 0 Å². The Hall–Kier alpha value is -1.58. The molecule has 1 fully saturated rings. The van der Waals surface area contributed by atoms with E-state index in [1.54, 1.807) is 0 Å². The Morgan fingerprint density at radius 1 is 1.35 bits per heavy atom. The Labute approximate surface area is 113 Å². The van der Waals surface area contributed by atoms with Crippen LogP contribution in [0.15, 0.2) is 17.0 Å². The summed E-state index contributed by atoms with van der Waals surface area (Å²) >= 11 is 0. The van der Waals surface area contributed by atoms with Gasteiger partial charge in [-0.25, -0.2) is 26.7 Å². The van der Waals surface area contributed by atoms with Crippen LogP contribution >= 0.6 is 0 Å². The molecule has 20 heavy (non-hydrogen) atoms. The number of rotatable bonds is 5. The first-order valence-electron chi connectivity index (χ1n) is 5.58. The number of carbonyl (C=O) groups is 1. The van der Waals surface area contributed by atoms with E-state index >= 15 is 0 Å². The number of sulfonamides is 1. The van der Waals surface area contributed by atoms with E-state index < -0.39 is 50.2 Å². The highest BCUT2D eigenvalue weighted by Crippen LogP contribution is 2.36. The van der Waals surface area contributed by atoms with Crippen molar-refractivity contribution >= 4 is 16.0 Å². The van der Waals surface area contributed by atoms with Gasteiger partial charge < -0.3 is 10.2 Å². The summed E-state index contributed by atoms with van der Waals surface area (Å²) < 4.78 is 53.1. The van der Waals surface area contributed by atoms with Crippen molar-refractivity contribution in [2.45, 2.75) is 23.3 Å². The van der Waals surface area contributed by atoms with E-state index in [4.69, 9.17) is 10.2 Å². The molecule has 0 spiro atoms. The molecule has 0 heterocycles. The van der Waals surface area contributed by atoms with Crippen LogP contribution in [0.1, 0.15) is 23.2 Å². The second-order valence-electron chi connectivity index (χ2n) is 4.58. The number of hydrogen-bond donors (Lipinski definition) is 3. The molecule has 6 nitrogen and oxygen atoms in total. The number of carboxylic acid groups (broad SMARTS) is 1. The second-order valence-corrected chi connectivity index (χ2v) is 6.23. The Bertz CT molecular complexity index is 670. The van der Waals surface area contributed by atoms with E-state index in [1.807, 2.05) is 0 Å². The van der Waals surface area contributed by atoms with E-state index in [0.29, 0.717) is 25.0 Å². The molecule has 0 unspecified atom stereocenters. The smallest absolute Gasteiger partial charge is 0.341 e. The fourth-order valence-corrected chi connectivity index (χ4v) is 3.25. The molecule has 0 amide bonds. The molecular weight excluding hydrogens is 296 g/mol. The van der Waals surface area contributed by atoms with Gasteiger partial charge in [-0.05, 0) is 25.0 Å². The number of aliphatic hydroxyl groups excluding tert-OH is 1. The number of aromatic carboxylic acids is 1. The highest BCUT2D eigenvalue weighted by molar-refractivity contribution is 7.89. The summed E-state index contributed by atoms with van der Waals surface area (Å²) in [5, 5.41) is 17.7. The Morgan fingerprint density at radius 2 is 1.95 bits per heavy atom. The maximum absolute atomic E-state index is 13.9. The Balaban J connectivity index is 2.48. The van der Waals surface area contributed by atoms with Gasteiger partial charge in [0.05, 0.1) is 12.1 Å². The quantitative estimate of drug-likeness (QED) is 0.733. The lowest BCUT2D eigenvalue weighted by molar-refractivity contribution is 0.0685. The molecule has 1 aromatic carbocycles. The molecule has 2 rings (SSSR count). The van der Waals surface area contributed by atoms with Crippen molar-refractivity contribution in [2.75, 3.05) is 6.61 Å². The zero-order valence-electron chi connectivity index (χ0n) is 10.1. The Morgan fingerprint density at radius 3 is 2.40 bits per heavy atom. The number of benzene rings is 1. The molecule has 0 bridgehead atoms. The molecule has 3 N–H and O–H groups in total. The molecule has 1 aliphatic carbocycles. The van der Waals surface area contributed by atoms with Crippen molar-refractivity contribution in [3.8, 4) is 0 Å². The third-order valence-corrected chi connectivity index (χ3v) is 4.66. The minimum absolute atomic E-state index is 0.386. The van der Waals surface area contributed by atoms with Crippen LogP contribution in [-0.2, 0) is 10.0 Å². The number of halogens is 2. The largest absolute Gasteiger partial charge is 0.477 e. The summed E-state index contributed by atoms with van der Waals surface area (Å²) in [6, 6.07) is 1.21. The monoisotopic (exact) mass is 307 g/mol. The lowest BCUT2D eigenvalue weighted by Crippen LogP contribution is -2.40. The zero-order chi connectivity index (χ0) is 15.1. The molecule has 1 aromatic rings. The molecule has 0 aliphatic heterocycles. The van der Waals surface area contributed by atoms with Crippen LogP contribution in [-0.4, -0.2) is 36.7 Å². The van der Waals surface area contributed by atoms with Crippen molar-refractivity contribution in [1.29, 1.82) is 0 Å². The molecule has 110 valence electrons. The minimum atomic E-state index is -4.39. The number of nitrogens with one attached hydrogen (secondary N) is 1. The van der Waals surface area contributed by atoms with Crippen molar-refractivity contribution in [2.24, 2.45) is 0 Å². The van der Waals surface area contributed by atoms with Gasteiger partial charge in [0.1, 0.15) is 16.3 Å². The van der Waals surface area contributed by atoms with Gasteiger partial charge >= 0.3 is 5.97 Å². The van der Waals surface area contributed by atoms with Crippen LogP contribution in [0.2, 0.25) is 0 Å². The van der Waals surface area contributed by atoms with Crippen molar-refractivity contribution in [3.05, 3.63) is 29.3 Å². The Kier molecular flexibility index (Phi) is 3.53. The summed E-state index contributed by atoms with van der Waals surface area (Å²) in [4.78, 5) is 9.78. The van der Waals surface area contributed by atoms with E-state index in [-0.39, 0.29) is 0 Å². The second kappa shape index (κ2) is 4.76. The molecule has 9 heteroatoms. The molecule has 1 saturated carbocycles. The standard InChI is InChI=1S/C11H11F2NO5S/c12-6-1-2-7(9(13)8(6)10(16)17)20(18,19)14-11(5-15)3-4-11/h1-2,14-15H,3-5H2,(H,16,17). The third-order valence-electron chi connectivity index (χ3n) is 3.07. The third kappa shape index (κ3) is 2.51.